The third-order valence-electron chi connectivity index (χ3n) is 6.38. The molecule has 3 aromatic carbocycles. The van der Waals surface area contributed by atoms with Crippen molar-refractivity contribution in [3.63, 3.8) is 0 Å². The molecule has 5 nitrogen and oxygen atoms in total. The molecular weight excluding hydrogens is 488 g/mol. The van der Waals surface area contributed by atoms with Gasteiger partial charge in [-0.25, -0.2) is 4.98 Å². The summed E-state index contributed by atoms with van der Waals surface area (Å²) >= 11 is 1.50. The second kappa shape index (κ2) is 9.63. The summed E-state index contributed by atoms with van der Waals surface area (Å²) in [5, 5.41) is 21.2. The van der Waals surface area contributed by atoms with E-state index >= 15 is 0 Å². The van der Waals surface area contributed by atoms with Crippen LogP contribution in [0.15, 0.2) is 114 Å². The number of carbonyl (C=O) groups excluding carboxylic acids is 1. The third kappa shape index (κ3) is 3.96. The molecule has 1 aliphatic rings. The van der Waals surface area contributed by atoms with Crippen LogP contribution in [0.5, 0.6) is 0 Å². The van der Waals surface area contributed by atoms with Crippen molar-refractivity contribution in [1.82, 2.24) is 4.98 Å². The Morgan fingerprint density at radius 3 is 2.29 bits per heavy atom. The number of thiophene rings is 1. The van der Waals surface area contributed by atoms with E-state index in [1.807, 2.05) is 84.9 Å². The molecule has 0 saturated heterocycles. The minimum atomic E-state index is -0.190. The number of para-hydroxylation sites is 2. The van der Waals surface area contributed by atoms with Gasteiger partial charge in [0.25, 0.3) is 0 Å². The van der Waals surface area contributed by atoms with E-state index in [2.05, 4.69) is 11.0 Å². The number of nitrogens with zero attached hydrogens (tertiary/aromatic N) is 4. The van der Waals surface area contributed by atoms with Crippen LogP contribution in [0, 0.1) is 22.7 Å². The lowest BCUT2D eigenvalue weighted by molar-refractivity contribution is 0.104. The molecule has 0 amide bonds. The van der Waals surface area contributed by atoms with Gasteiger partial charge in [-0.05, 0) is 54.1 Å². The number of fused-ring (bicyclic) bond motifs is 2. The summed E-state index contributed by atoms with van der Waals surface area (Å²) in [6.45, 7) is 0. The molecule has 0 saturated carbocycles. The van der Waals surface area contributed by atoms with Gasteiger partial charge in [-0.1, -0.05) is 60.7 Å². The summed E-state index contributed by atoms with van der Waals surface area (Å²) < 4.78 is 0. The van der Waals surface area contributed by atoms with Crippen LogP contribution in [-0.2, 0) is 0 Å². The first-order valence-electron chi connectivity index (χ1n) is 11.9. The fourth-order valence-electron chi connectivity index (χ4n) is 4.66. The summed E-state index contributed by atoms with van der Waals surface area (Å²) in [6, 6.07) is 37.0. The van der Waals surface area contributed by atoms with E-state index in [1.54, 1.807) is 30.3 Å². The van der Waals surface area contributed by atoms with Gasteiger partial charge in [-0.15, -0.1) is 11.3 Å². The van der Waals surface area contributed by atoms with Crippen LogP contribution >= 0.6 is 11.3 Å². The number of anilines is 3. The maximum Gasteiger partial charge on any atom is 0.194 e. The molecular formula is C32H18N4OS. The summed E-state index contributed by atoms with van der Waals surface area (Å²) in [6.07, 6.45) is 1.78. The van der Waals surface area contributed by atoms with Crippen molar-refractivity contribution in [2.75, 3.05) is 4.90 Å². The molecule has 0 aliphatic heterocycles. The molecule has 0 spiro atoms. The number of carbonyl (C=O) groups is 1. The summed E-state index contributed by atoms with van der Waals surface area (Å²) in [7, 11) is 0. The SMILES string of the molecule is N#CC(C#N)=C1/C(=C\c2ccc(N(c3ccccc3)c3ccc4ccccc4n3)s2)C(=O)c2ccccc21. The Labute approximate surface area is 223 Å². The Morgan fingerprint density at radius 1 is 0.789 bits per heavy atom. The van der Waals surface area contributed by atoms with Crippen LogP contribution in [0.1, 0.15) is 20.8 Å². The maximum atomic E-state index is 13.3. The largest absolute Gasteiger partial charge is 0.289 e. The Kier molecular flexibility index (Phi) is 5.86. The number of Topliss-reactive ketones (excluding diaryl/α,β-unsaturated/α-hetero) is 1. The number of rotatable bonds is 4. The average Bonchev–Trinajstić information content (AvgIpc) is 3.53. The predicted octanol–water partition coefficient (Wildman–Crippen LogP) is 7.85. The van der Waals surface area contributed by atoms with Crippen LogP contribution in [0.2, 0.25) is 0 Å². The molecule has 2 heterocycles. The summed E-state index contributed by atoms with van der Waals surface area (Å²) in [5.74, 6) is 0.585. The smallest absolute Gasteiger partial charge is 0.194 e. The van der Waals surface area contributed by atoms with Crippen molar-refractivity contribution in [3.05, 3.63) is 130 Å². The van der Waals surface area contributed by atoms with E-state index < -0.39 is 0 Å². The van der Waals surface area contributed by atoms with Crippen LogP contribution in [0.25, 0.3) is 22.6 Å². The molecule has 0 bridgehead atoms. The number of allylic oxidation sites excluding steroid dienone is 3. The fourth-order valence-corrected chi connectivity index (χ4v) is 5.64. The molecule has 1 aliphatic carbocycles. The number of benzene rings is 3. The zero-order valence-corrected chi connectivity index (χ0v) is 20.8. The molecule has 5 aromatic rings. The van der Waals surface area contributed by atoms with Crippen LogP contribution in [0.4, 0.5) is 16.5 Å². The lowest BCUT2D eigenvalue weighted by Gasteiger charge is -2.22. The molecule has 0 atom stereocenters. The zero-order chi connectivity index (χ0) is 26.1. The molecule has 0 N–H and O–H groups in total. The first-order valence-corrected chi connectivity index (χ1v) is 12.7. The highest BCUT2D eigenvalue weighted by molar-refractivity contribution is 7.17. The van der Waals surface area contributed by atoms with Crippen molar-refractivity contribution in [1.29, 1.82) is 10.5 Å². The molecule has 178 valence electrons. The van der Waals surface area contributed by atoms with E-state index in [-0.39, 0.29) is 11.4 Å². The lowest BCUT2D eigenvalue weighted by atomic mass is 9.99. The molecule has 38 heavy (non-hydrogen) atoms. The van der Waals surface area contributed by atoms with E-state index in [1.165, 1.54) is 11.3 Å². The van der Waals surface area contributed by atoms with Gasteiger partial charge in [0.2, 0.25) is 0 Å². The third-order valence-corrected chi connectivity index (χ3v) is 7.39. The zero-order valence-electron chi connectivity index (χ0n) is 20.0. The van der Waals surface area contributed by atoms with Gasteiger partial charge in [0.15, 0.2) is 5.78 Å². The van der Waals surface area contributed by atoms with Gasteiger partial charge in [-0.2, -0.15) is 10.5 Å². The second-order valence-corrected chi connectivity index (χ2v) is 9.71. The minimum absolute atomic E-state index is 0.0717. The van der Waals surface area contributed by atoms with Gasteiger partial charge in [0.1, 0.15) is 28.5 Å². The van der Waals surface area contributed by atoms with E-state index in [0.29, 0.717) is 22.3 Å². The Morgan fingerprint density at radius 2 is 1.50 bits per heavy atom. The number of hydrogen-bond donors (Lipinski definition) is 0. The Balaban J connectivity index is 1.47. The monoisotopic (exact) mass is 506 g/mol. The maximum absolute atomic E-state index is 13.3. The van der Waals surface area contributed by atoms with Crippen LogP contribution in [0.3, 0.4) is 0 Å². The number of nitriles is 2. The van der Waals surface area contributed by atoms with Crippen LogP contribution < -0.4 is 4.90 Å². The summed E-state index contributed by atoms with van der Waals surface area (Å²) in [4.78, 5) is 21.1. The van der Waals surface area contributed by atoms with Crippen molar-refractivity contribution >= 4 is 56.2 Å². The first kappa shape index (κ1) is 23.1. The van der Waals surface area contributed by atoms with Gasteiger partial charge >= 0.3 is 0 Å². The number of pyridine rings is 1. The van der Waals surface area contributed by atoms with Gasteiger partial charge in [0, 0.05) is 32.7 Å². The standard InChI is InChI=1S/C32H18N4OS/c33-19-22(20-34)31-25-11-5-6-12-26(25)32(37)27(31)18-24-15-17-30(38-24)36(23-9-2-1-3-10-23)29-16-14-21-8-4-7-13-28(21)35-29/h1-18H/b27-18+. The van der Waals surface area contributed by atoms with Gasteiger partial charge in [0.05, 0.1) is 5.52 Å². The molecule has 2 aromatic heterocycles. The van der Waals surface area contributed by atoms with Crippen molar-refractivity contribution in [3.8, 4) is 12.1 Å². The quantitative estimate of drug-likeness (QED) is 0.183. The summed E-state index contributed by atoms with van der Waals surface area (Å²) in [5.41, 5.74) is 3.64. The first-order chi connectivity index (χ1) is 18.7. The van der Waals surface area contributed by atoms with E-state index in [4.69, 9.17) is 4.98 Å². The topological polar surface area (TPSA) is 80.8 Å². The van der Waals surface area contributed by atoms with Gasteiger partial charge in [-0.3, -0.25) is 9.69 Å². The normalized spacial score (nSPS) is 13.3. The van der Waals surface area contributed by atoms with Crippen molar-refractivity contribution < 1.29 is 4.79 Å². The van der Waals surface area contributed by atoms with Crippen molar-refractivity contribution in [2.24, 2.45) is 0 Å². The number of aromatic nitrogens is 1. The Hall–Kier alpha value is -5.30. The minimum Gasteiger partial charge on any atom is -0.289 e. The number of ketones is 1. The van der Waals surface area contributed by atoms with E-state index in [9.17, 15) is 15.3 Å². The highest BCUT2D eigenvalue weighted by Crippen LogP contribution is 2.42. The highest BCUT2D eigenvalue weighted by Gasteiger charge is 2.32. The molecule has 0 unspecified atom stereocenters. The molecule has 6 rings (SSSR count). The van der Waals surface area contributed by atoms with E-state index in [0.717, 1.165) is 32.3 Å². The van der Waals surface area contributed by atoms with Gasteiger partial charge < -0.3 is 0 Å². The van der Waals surface area contributed by atoms with Crippen LogP contribution in [-0.4, -0.2) is 10.8 Å². The number of hydrogen-bond acceptors (Lipinski definition) is 6. The van der Waals surface area contributed by atoms with Crippen molar-refractivity contribution in [2.45, 2.75) is 0 Å². The lowest BCUT2D eigenvalue weighted by Crippen LogP contribution is -2.09. The predicted molar refractivity (Wildman–Crippen MR) is 151 cm³/mol. The molecule has 0 fully saturated rings. The molecule has 6 heteroatoms. The molecule has 0 radical (unpaired) electrons. The fraction of sp³-hybridized carbons (Fsp3) is 0. The highest BCUT2D eigenvalue weighted by atomic mass is 32.1. The second-order valence-electron chi connectivity index (χ2n) is 8.62. The average molecular weight is 507 g/mol. The Bertz CT molecular complexity index is 1850.